The number of rotatable bonds is 12. The molecule has 0 spiro atoms. The molecular formula is C30H35N3O5S2. The number of hydrogen-bond donors (Lipinski definition) is 0. The zero-order valence-corrected chi connectivity index (χ0v) is 24.8. The molecule has 0 aliphatic rings. The normalized spacial score (nSPS) is 12.4. The predicted octanol–water partition coefficient (Wildman–Crippen LogP) is 5.75. The number of benzene rings is 3. The number of aromatic nitrogens is 1. The van der Waals surface area contributed by atoms with Gasteiger partial charge in [0.1, 0.15) is 6.54 Å². The standard InChI is InChI=1S/C30H35N3O5S2/c1-4-7-19-32(20-8-5-2)40(36,37)24-16-13-23(14-17-24)29(35)31-30-33(21-27(34)38-6-3)26-18-15-22-11-9-10-12-25(22)28(26)39-30/h9-18H,4-8,19-21H2,1-3H3. The minimum atomic E-state index is -3.67. The number of carbonyl (C=O) groups excluding carboxylic acids is 2. The lowest BCUT2D eigenvalue weighted by molar-refractivity contribution is -0.143. The van der Waals surface area contributed by atoms with Crippen LogP contribution in [0.15, 0.2) is 70.6 Å². The minimum Gasteiger partial charge on any atom is -0.465 e. The fraction of sp³-hybridized carbons (Fsp3) is 0.367. The maximum absolute atomic E-state index is 13.3. The Morgan fingerprint density at radius 2 is 1.60 bits per heavy atom. The smallest absolute Gasteiger partial charge is 0.326 e. The second kappa shape index (κ2) is 13.3. The molecule has 1 aromatic heterocycles. The summed E-state index contributed by atoms with van der Waals surface area (Å²) in [7, 11) is -3.67. The number of thiazole rings is 1. The first-order valence-corrected chi connectivity index (χ1v) is 15.9. The second-order valence-electron chi connectivity index (χ2n) is 9.46. The van der Waals surface area contributed by atoms with E-state index >= 15 is 0 Å². The maximum atomic E-state index is 13.3. The van der Waals surface area contributed by atoms with Gasteiger partial charge in [0.2, 0.25) is 10.0 Å². The van der Waals surface area contributed by atoms with Crippen molar-refractivity contribution in [3.63, 3.8) is 0 Å². The van der Waals surface area contributed by atoms with Crippen LogP contribution in [0, 0.1) is 0 Å². The number of hydrogen-bond acceptors (Lipinski definition) is 6. The van der Waals surface area contributed by atoms with E-state index in [1.165, 1.54) is 39.9 Å². The average Bonchev–Trinajstić information content (AvgIpc) is 3.30. The lowest BCUT2D eigenvalue weighted by Gasteiger charge is -2.22. The van der Waals surface area contributed by atoms with E-state index in [1.807, 2.05) is 50.2 Å². The van der Waals surface area contributed by atoms with Gasteiger partial charge in [-0.25, -0.2) is 8.42 Å². The van der Waals surface area contributed by atoms with Gasteiger partial charge in [-0.05, 0) is 55.5 Å². The van der Waals surface area contributed by atoms with Crippen LogP contribution in [-0.2, 0) is 26.1 Å². The van der Waals surface area contributed by atoms with Crippen LogP contribution in [0.25, 0.3) is 21.0 Å². The molecule has 4 rings (SSSR count). The van der Waals surface area contributed by atoms with Crippen molar-refractivity contribution in [1.82, 2.24) is 8.87 Å². The van der Waals surface area contributed by atoms with E-state index in [-0.39, 0.29) is 23.6 Å². The first kappa shape index (κ1) is 29.6. The van der Waals surface area contributed by atoms with Gasteiger partial charge in [-0.2, -0.15) is 9.30 Å². The summed E-state index contributed by atoms with van der Waals surface area (Å²) >= 11 is 1.33. The molecule has 4 aromatic rings. The van der Waals surface area contributed by atoms with Gasteiger partial charge >= 0.3 is 5.97 Å². The van der Waals surface area contributed by atoms with E-state index in [9.17, 15) is 18.0 Å². The number of ether oxygens (including phenoxy) is 1. The average molecular weight is 582 g/mol. The Labute approximate surface area is 239 Å². The summed E-state index contributed by atoms with van der Waals surface area (Å²) < 4.78 is 35.9. The third kappa shape index (κ3) is 6.51. The molecule has 8 nitrogen and oxygen atoms in total. The number of unbranched alkanes of at least 4 members (excludes halogenated alkanes) is 2. The molecule has 0 atom stereocenters. The third-order valence-electron chi connectivity index (χ3n) is 6.62. The molecule has 0 saturated heterocycles. The van der Waals surface area contributed by atoms with Gasteiger partial charge in [-0.1, -0.05) is 68.4 Å². The SMILES string of the molecule is CCCCN(CCCC)S(=O)(=O)c1ccc(C(=O)N=c2sc3c4ccccc4ccc3n2CC(=O)OCC)cc1. The van der Waals surface area contributed by atoms with Crippen LogP contribution in [0.5, 0.6) is 0 Å². The summed E-state index contributed by atoms with van der Waals surface area (Å²) in [5, 5.41) is 2.04. The van der Waals surface area contributed by atoms with Crippen LogP contribution in [0.2, 0.25) is 0 Å². The third-order valence-corrected chi connectivity index (χ3v) is 9.67. The Balaban J connectivity index is 1.70. The van der Waals surface area contributed by atoms with Gasteiger partial charge in [0.05, 0.1) is 21.7 Å². The van der Waals surface area contributed by atoms with Gasteiger partial charge in [0.15, 0.2) is 4.80 Å². The van der Waals surface area contributed by atoms with Gasteiger partial charge < -0.3 is 9.30 Å². The number of carbonyl (C=O) groups is 2. The van der Waals surface area contributed by atoms with Gasteiger partial charge in [0, 0.05) is 24.0 Å². The zero-order valence-electron chi connectivity index (χ0n) is 23.1. The molecule has 0 N–H and O–H groups in total. The summed E-state index contributed by atoms with van der Waals surface area (Å²) in [5.74, 6) is -0.944. The van der Waals surface area contributed by atoms with E-state index in [1.54, 1.807) is 11.5 Å². The molecular weight excluding hydrogens is 546 g/mol. The molecule has 40 heavy (non-hydrogen) atoms. The monoisotopic (exact) mass is 581 g/mol. The van der Waals surface area contributed by atoms with E-state index in [2.05, 4.69) is 4.99 Å². The molecule has 0 radical (unpaired) electrons. The van der Waals surface area contributed by atoms with E-state index in [0.29, 0.717) is 17.9 Å². The second-order valence-corrected chi connectivity index (χ2v) is 12.4. The van der Waals surface area contributed by atoms with Crippen molar-refractivity contribution in [1.29, 1.82) is 0 Å². The summed E-state index contributed by atoms with van der Waals surface area (Å²) in [6.07, 6.45) is 3.37. The number of amides is 1. The Morgan fingerprint density at radius 3 is 2.25 bits per heavy atom. The van der Waals surface area contributed by atoms with Crippen LogP contribution >= 0.6 is 11.3 Å². The van der Waals surface area contributed by atoms with E-state index in [4.69, 9.17) is 4.74 Å². The fourth-order valence-electron chi connectivity index (χ4n) is 4.46. The topological polar surface area (TPSA) is 98.0 Å². The first-order valence-electron chi connectivity index (χ1n) is 13.7. The maximum Gasteiger partial charge on any atom is 0.326 e. The molecule has 0 bridgehead atoms. The molecule has 0 fully saturated rings. The lowest BCUT2D eigenvalue weighted by atomic mass is 10.1. The molecule has 1 heterocycles. The Morgan fingerprint density at radius 1 is 0.925 bits per heavy atom. The van der Waals surface area contributed by atoms with Crippen LogP contribution in [0.3, 0.4) is 0 Å². The van der Waals surface area contributed by atoms with Crippen molar-refractivity contribution in [2.75, 3.05) is 19.7 Å². The first-order chi connectivity index (χ1) is 19.3. The summed E-state index contributed by atoms with van der Waals surface area (Å²) in [5.41, 5.74) is 1.04. The Bertz CT molecular complexity index is 1660. The van der Waals surface area contributed by atoms with E-state index in [0.717, 1.165) is 46.7 Å². The van der Waals surface area contributed by atoms with Crippen molar-refractivity contribution < 1.29 is 22.7 Å². The van der Waals surface area contributed by atoms with Gasteiger partial charge in [-0.15, -0.1) is 0 Å². The van der Waals surface area contributed by atoms with Crippen LogP contribution in [-0.4, -0.2) is 48.9 Å². The van der Waals surface area contributed by atoms with Crippen molar-refractivity contribution in [2.45, 2.75) is 57.9 Å². The molecule has 0 aliphatic heterocycles. The highest BCUT2D eigenvalue weighted by Gasteiger charge is 2.24. The predicted molar refractivity (Wildman–Crippen MR) is 159 cm³/mol. The molecule has 0 unspecified atom stereocenters. The number of fused-ring (bicyclic) bond motifs is 3. The molecule has 3 aromatic carbocycles. The van der Waals surface area contributed by atoms with Crippen molar-refractivity contribution >= 4 is 54.2 Å². The van der Waals surface area contributed by atoms with Crippen molar-refractivity contribution in [3.05, 3.63) is 71.0 Å². The fourth-order valence-corrected chi connectivity index (χ4v) is 7.14. The molecule has 10 heteroatoms. The quantitative estimate of drug-likeness (QED) is 0.198. The highest BCUT2D eigenvalue weighted by Crippen LogP contribution is 2.28. The molecule has 1 amide bonds. The van der Waals surface area contributed by atoms with Crippen molar-refractivity contribution in [2.24, 2.45) is 4.99 Å². The highest BCUT2D eigenvalue weighted by atomic mass is 32.2. The number of esters is 1. The van der Waals surface area contributed by atoms with Crippen molar-refractivity contribution in [3.8, 4) is 0 Å². The summed E-state index contributed by atoms with van der Waals surface area (Å²) in [6, 6.07) is 17.7. The summed E-state index contributed by atoms with van der Waals surface area (Å²) in [6.45, 7) is 6.91. The van der Waals surface area contributed by atoms with E-state index < -0.39 is 21.9 Å². The number of sulfonamides is 1. The lowest BCUT2D eigenvalue weighted by Crippen LogP contribution is -2.33. The van der Waals surface area contributed by atoms with Gasteiger partial charge in [-0.3, -0.25) is 9.59 Å². The van der Waals surface area contributed by atoms with Crippen LogP contribution < -0.4 is 4.80 Å². The summed E-state index contributed by atoms with van der Waals surface area (Å²) in [4.78, 5) is 30.6. The number of nitrogens with zero attached hydrogens (tertiary/aromatic N) is 3. The van der Waals surface area contributed by atoms with Crippen LogP contribution in [0.4, 0.5) is 0 Å². The zero-order chi connectivity index (χ0) is 28.7. The highest BCUT2D eigenvalue weighted by molar-refractivity contribution is 7.89. The minimum absolute atomic E-state index is 0.0825. The van der Waals surface area contributed by atoms with Crippen LogP contribution in [0.1, 0.15) is 56.8 Å². The molecule has 212 valence electrons. The largest absolute Gasteiger partial charge is 0.465 e. The molecule has 0 saturated carbocycles. The Kier molecular flexibility index (Phi) is 9.89. The Hall–Kier alpha value is -3.34. The molecule has 0 aliphatic carbocycles. The van der Waals surface area contributed by atoms with Gasteiger partial charge in [0.25, 0.3) is 5.91 Å².